The fourth-order valence-electron chi connectivity index (χ4n) is 3.29. The Labute approximate surface area is 124 Å². The molecule has 118 valence electrons. The van der Waals surface area contributed by atoms with Crippen molar-refractivity contribution in [3.05, 3.63) is 0 Å². The lowest BCUT2D eigenvalue weighted by atomic mass is 9.79. The van der Waals surface area contributed by atoms with E-state index >= 15 is 0 Å². The van der Waals surface area contributed by atoms with Crippen molar-refractivity contribution in [1.82, 2.24) is 10.2 Å². The molecule has 6 heteroatoms. The Morgan fingerprint density at radius 1 is 1.19 bits per heavy atom. The van der Waals surface area contributed by atoms with E-state index in [1.54, 1.807) is 0 Å². The van der Waals surface area contributed by atoms with Crippen LogP contribution in [0.2, 0.25) is 0 Å². The number of aliphatic carboxylic acids is 1. The monoisotopic (exact) mass is 296 g/mol. The largest absolute Gasteiger partial charge is 0.481 e. The van der Waals surface area contributed by atoms with Gasteiger partial charge in [-0.2, -0.15) is 0 Å². The molecule has 0 bridgehead atoms. The topological polar surface area (TPSA) is 86.7 Å². The highest BCUT2D eigenvalue weighted by Gasteiger charge is 2.35. The molecule has 0 radical (unpaired) electrons. The van der Waals surface area contributed by atoms with E-state index in [1.165, 1.54) is 0 Å². The number of carboxylic acids is 1. The number of nitrogens with one attached hydrogen (secondary N) is 1. The smallest absolute Gasteiger partial charge is 0.307 e. The van der Waals surface area contributed by atoms with Crippen LogP contribution in [0.25, 0.3) is 0 Å². The zero-order valence-corrected chi connectivity index (χ0v) is 12.3. The van der Waals surface area contributed by atoms with Gasteiger partial charge in [0.25, 0.3) is 0 Å². The molecule has 0 aromatic carbocycles. The lowest BCUT2D eigenvalue weighted by Gasteiger charge is -2.27. The number of hydrogen-bond acceptors (Lipinski definition) is 3. The van der Waals surface area contributed by atoms with Crippen molar-refractivity contribution in [1.29, 1.82) is 0 Å². The second-order valence-electron chi connectivity index (χ2n) is 5.96. The maximum Gasteiger partial charge on any atom is 0.307 e. The van der Waals surface area contributed by atoms with Crippen molar-refractivity contribution < 1.29 is 19.5 Å². The van der Waals surface area contributed by atoms with Gasteiger partial charge in [-0.15, -0.1) is 0 Å². The molecule has 2 rings (SSSR count). The van der Waals surface area contributed by atoms with Gasteiger partial charge in [0.1, 0.15) is 0 Å². The van der Waals surface area contributed by atoms with E-state index in [2.05, 4.69) is 5.32 Å². The van der Waals surface area contributed by atoms with Crippen LogP contribution in [0.15, 0.2) is 0 Å². The summed E-state index contributed by atoms with van der Waals surface area (Å²) in [6, 6.07) is 0. The Kier molecular flexibility index (Phi) is 5.59. The fourth-order valence-corrected chi connectivity index (χ4v) is 3.29. The second kappa shape index (κ2) is 7.43. The summed E-state index contributed by atoms with van der Waals surface area (Å²) in [6.45, 7) is 1.99. The van der Waals surface area contributed by atoms with Crippen LogP contribution >= 0.6 is 0 Å². The molecule has 0 unspecified atom stereocenters. The maximum absolute atomic E-state index is 12.1. The van der Waals surface area contributed by atoms with Crippen LogP contribution < -0.4 is 5.32 Å². The summed E-state index contributed by atoms with van der Waals surface area (Å²) in [7, 11) is 0. The summed E-state index contributed by atoms with van der Waals surface area (Å²) in [6.07, 6.45) is 5.34. The molecule has 2 N–H and O–H groups in total. The first-order valence-electron chi connectivity index (χ1n) is 7.88. The van der Waals surface area contributed by atoms with Gasteiger partial charge in [0.15, 0.2) is 0 Å². The molecule has 1 aliphatic carbocycles. The number of hydrogen-bond donors (Lipinski definition) is 2. The SMILES string of the molecule is O=C(O)[C@H]1CCCC[C@@H]1C(=O)NCCCN1CCCC1=O. The van der Waals surface area contributed by atoms with Gasteiger partial charge in [-0.05, 0) is 25.7 Å². The summed E-state index contributed by atoms with van der Waals surface area (Å²) in [5.41, 5.74) is 0. The quantitative estimate of drug-likeness (QED) is 0.716. The minimum atomic E-state index is -0.863. The lowest BCUT2D eigenvalue weighted by Crippen LogP contribution is -2.40. The summed E-state index contributed by atoms with van der Waals surface area (Å²) in [5, 5.41) is 12.0. The van der Waals surface area contributed by atoms with Gasteiger partial charge in [0.05, 0.1) is 11.8 Å². The minimum absolute atomic E-state index is 0.144. The van der Waals surface area contributed by atoms with Crippen LogP contribution in [-0.2, 0) is 14.4 Å². The van der Waals surface area contributed by atoms with Gasteiger partial charge in [-0.3, -0.25) is 14.4 Å². The number of amides is 2. The van der Waals surface area contributed by atoms with Crippen molar-refractivity contribution in [2.75, 3.05) is 19.6 Å². The Balaban J connectivity index is 1.70. The van der Waals surface area contributed by atoms with E-state index in [9.17, 15) is 19.5 Å². The molecule has 1 saturated carbocycles. The van der Waals surface area contributed by atoms with Crippen LogP contribution in [0.5, 0.6) is 0 Å². The molecule has 6 nitrogen and oxygen atoms in total. The predicted molar refractivity (Wildman–Crippen MR) is 76.5 cm³/mol. The first-order valence-corrected chi connectivity index (χ1v) is 7.88. The van der Waals surface area contributed by atoms with Crippen LogP contribution in [0.3, 0.4) is 0 Å². The highest BCUT2D eigenvalue weighted by atomic mass is 16.4. The van der Waals surface area contributed by atoms with Crippen LogP contribution in [0, 0.1) is 11.8 Å². The molecule has 2 amide bonds. The number of nitrogens with zero attached hydrogens (tertiary/aromatic N) is 1. The molecule has 2 fully saturated rings. The average Bonchev–Trinajstić information content (AvgIpc) is 2.88. The summed E-state index contributed by atoms with van der Waals surface area (Å²) < 4.78 is 0. The lowest BCUT2D eigenvalue weighted by molar-refractivity contribution is -0.148. The molecule has 2 aliphatic rings. The van der Waals surface area contributed by atoms with E-state index in [1.807, 2.05) is 4.90 Å². The Morgan fingerprint density at radius 3 is 2.52 bits per heavy atom. The van der Waals surface area contributed by atoms with Crippen LogP contribution in [0.4, 0.5) is 0 Å². The molecule has 0 aromatic rings. The molecule has 0 aromatic heterocycles. The number of rotatable bonds is 6. The molecule has 1 saturated heterocycles. The second-order valence-corrected chi connectivity index (χ2v) is 5.96. The summed E-state index contributed by atoms with van der Waals surface area (Å²) in [4.78, 5) is 36.6. The third-order valence-corrected chi connectivity index (χ3v) is 4.50. The van der Waals surface area contributed by atoms with Gasteiger partial charge < -0.3 is 15.3 Å². The maximum atomic E-state index is 12.1. The molecule has 2 atom stereocenters. The van der Waals surface area contributed by atoms with Crippen molar-refractivity contribution in [3.63, 3.8) is 0 Å². The van der Waals surface area contributed by atoms with E-state index in [0.717, 1.165) is 32.2 Å². The normalized spacial score (nSPS) is 25.9. The highest BCUT2D eigenvalue weighted by Crippen LogP contribution is 2.30. The molecular weight excluding hydrogens is 272 g/mol. The molecule has 0 spiro atoms. The molecular formula is C15H24N2O4. The molecule has 21 heavy (non-hydrogen) atoms. The van der Waals surface area contributed by atoms with Crippen LogP contribution in [0.1, 0.15) is 44.9 Å². The standard InChI is InChI=1S/C15H24N2O4/c18-13-7-3-9-17(13)10-4-8-16-14(19)11-5-1-2-6-12(11)15(20)21/h11-12H,1-10H2,(H,16,19)(H,20,21)/t11-,12-/m0/s1. The van der Waals surface area contributed by atoms with Gasteiger partial charge in [-0.25, -0.2) is 0 Å². The first kappa shape index (κ1) is 15.8. The third kappa shape index (κ3) is 4.19. The Hall–Kier alpha value is -1.59. The third-order valence-electron chi connectivity index (χ3n) is 4.50. The Bertz CT molecular complexity index is 410. The fraction of sp³-hybridized carbons (Fsp3) is 0.800. The van der Waals surface area contributed by atoms with E-state index in [0.29, 0.717) is 32.4 Å². The summed E-state index contributed by atoms with van der Waals surface area (Å²) in [5.74, 6) is -1.75. The first-order chi connectivity index (χ1) is 10.1. The van der Waals surface area contributed by atoms with Gasteiger partial charge in [0.2, 0.25) is 11.8 Å². The Morgan fingerprint density at radius 2 is 1.90 bits per heavy atom. The predicted octanol–water partition coefficient (Wildman–Crippen LogP) is 1.01. The zero-order valence-electron chi connectivity index (χ0n) is 12.3. The van der Waals surface area contributed by atoms with E-state index in [4.69, 9.17) is 0 Å². The highest BCUT2D eigenvalue weighted by molar-refractivity contribution is 5.84. The van der Waals surface area contributed by atoms with Gasteiger partial charge >= 0.3 is 5.97 Å². The molecule has 1 aliphatic heterocycles. The van der Waals surface area contributed by atoms with Crippen molar-refractivity contribution in [2.45, 2.75) is 44.9 Å². The van der Waals surface area contributed by atoms with Crippen LogP contribution in [-0.4, -0.2) is 47.4 Å². The van der Waals surface area contributed by atoms with E-state index in [-0.39, 0.29) is 11.8 Å². The van der Waals surface area contributed by atoms with E-state index < -0.39 is 17.8 Å². The zero-order chi connectivity index (χ0) is 15.2. The number of carbonyl (C=O) groups excluding carboxylic acids is 2. The van der Waals surface area contributed by atoms with Crippen molar-refractivity contribution >= 4 is 17.8 Å². The number of carbonyl (C=O) groups is 3. The summed E-state index contributed by atoms with van der Waals surface area (Å²) >= 11 is 0. The molecule has 1 heterocycles. The van der Waals surface area contributed by atoms with Crippen molar-refractivity contribution in [3.8, 4) is 0 Å². The van der Waals surface area contributed by atoms with Crippen molar-refractivity contribution in [2.24, 2.45) is 11.8 Å². The minimum Gasteiger partial charge on any atom is -0.481 e. The number of carboxylic acid groups (broad SMARTS) is 1. The van der Waals surface area contributed by atoms with Gasteiger partial charge in [0, 0.05) is 26.1 Å². The average molecular weight is 296 g/mol. The number of likely N-dealkylation sites (tertiary alicyclic amines) is 1. The van der Waals surface area contributed by atoms with Gasteiger partial charge in [-0.1, -0.05) is 12.8 Å².